The quantitative estimate of drug-likeness (QED) is 0.328. The van der Waals surface area contributed by atoms with Gasteiger partial charge in [0, 0.05) is 0 Å². The highest BCUT2D eigenvalue weighted by molar-refractivity contribution is 4.03. The van der Waals surface area contributed by atoms with Gasteiger partial charge in [-0.15, -0.1) is 0 Å². The molecule has 0 rings (SSSR count). The van der Waals surface area contributed by atoms with E-state index in [9.17, 15) is 0 Å². The van der Waals surface area contributed by atoms with Crippen molar-refractivity contribution in [3.8, 4) is 0 Å². The molecule has 0 amide bonds. The zero-order chi connectivity index (χ0) is 4.83. The highest BCUT2D eigenvalue weighted by Gasteiger charge is 1.59. The Morgan fingerprint density at radius 1 is 0.833 bits per heavy atom. The molecule has 0 bridgehead atoms. The van der Waals surface area contributed by atoms with Crippen LogP contribution in [0.4, 0.5) is 0 Å². The second-order valence-electron chi connectivity index (χ2n) is 0.579. The summed E-state index contributed by atoms with van der Waals surface area (Å²) in [5.74, 6) is 0. The topological polar surface area (TPSA) is 52.9 Å². The summed E-state index contributed by atoms with van der Waals surface area (Å²) in [5, 5.41) is 6.35. The number of hydrogen-bond acceptors (Lipinski definition) is 2. The van der Waals surface area contributed by atoms with Gasteiger partial charge in [0.25, 0.3) is 0 Å². The van der Waals surface area contributed by atoms with E-state index in [2.05, 4.69) is 21.3 Å². The lowest BCUT2D eigenvalue weighted by molar-refractivity contribution is 0.686. The summed E-state index contributed by atoms with van der Waals surface area (Å²) in [6, 6.07) is 0. The van der Waals surface area contributed by atoms with Gasteiger partial charge in [0.15, 0.2) is 0 Å². The fraction of sp³-hybridized carbons (Fsp3) is 1.00. The van der Waals surface area contributed by atoms with Gasteiger partial charge in [-0.3, -0.25) is 0 Å². The molecule has 4 heteroatoms. The molecule has 2 radical (unpaired) electrons. The van der Waals surface area contributed by atoms with Crippen molar-refractivity contribution in [2.75, 3.05) is 14.1 Å². The van der Waals surface area contributed by atoms with E-state index in [0.29, 0.717) is 0 Å². The van der Waals surface area contributed by atoms with Gasteiger partial charge in [0.1, 0.15) is 0 Å². The van der Waals surface area contributed by atoms with Crippen molar-refractivity contribution >= 4 is 0 Å². The molecule has 0 aliphatic carbocycles. The molecule has 0 aliphatic heterocycles. The third kappa shape index (κ3) is 3.20. The van der Waals surface area contributed by atoms with E-state index in [-0.39, 0.29) is 0 Å². The molecule has 0 spiro atoms. The number of nitrogens with zero attached hydrogens (tertiary/aromatic N) is 4. The SMILES string of the molecule is C[N]N=N[N]C. The Morgan fingerprint density at radius 3 is 1.33 bits per heavy atom. The summed E-state index contributed by atoms with van der Waals surface area (Å²) >= 11 is 0. The van der Waals surface area contributed by atoms with Crippen LogP contribution in [0, 0.1) is 0 Å². The Morgan fingerprint density at radius 2 is 1.17 bits per heavy atom. The normalized spacial score (nSPS) is 9.00. The van der Waals surface area contributed by atoms with Crippen molar-refractivity contribution in [3.63, 3.8) is 0 Å². The number of hydrogen-bond donors (Lipinski definition) is 0. The maximum absolute atomic E-state index is 3.29. The molecule has 0 N–H and O–H groups in total. The minimum absolute atomic E-state index is 1.54. The first-order valence-corrected chi connectivity index (χ1v) is 1.49. The van der Waals surface area contributed by atoms with Crippen LogP contribution in [-0.2, 0) is 0 Å². The molecule has 0 atom stereocenters. The predicted octanol–water partition coefficient (Wildman–Crippen LogP) is -0.263. The molecule has 4 nitrogen and oxygen atoms in total. The van der Waals surface area contributed by atoms with Crippen molar-refractivity contribution in [1.82, 2.24) is 10.9 Å². The molecule has 0 saturated carbocycles. The van der Waals surface area contributed by atoms with E-state index in [1.165, 1.54) is 14.1 Å². The smallest absolute Gasteiger partial charge is 0.0510 e. The van der Waals surface area contributed by atoms with Crippen LogP contribution < -0.4 is 10.9 Å². The van der Waals surface area contributed by atoms with E-state index in [1.807, 2.05) is 0 Å². The number of rotatable bonds is 2. The second kappa shape index (κ2) is 4.20. The van der Waals surface area contributed by atoms with Crippen molar-refractivity contribution < 1.29 is 0 Å². The maximum atomic E-state index is 3.29. The van der Waals surface area contributed by atoms with Gasteiger partial charge in [-0.25, -0.2) is 0 Å². The zero-order valence-electron chi connectivity index (χ0n) is 3.79. The molecule has 0 aliphatic rings. The molecule has 0 saturated heterocycles. The monoisotopic (exact) mass is 86.1 g/mol. The standard InChI is InChI=1S/C2H6N4/c1-3-5-6-4-2/h1-2H3. The minimum Gasteiger partial charge on any atom is -0.171 e. The van der Waals surface area contributed by atoms with E-state index in [4.69, 9.17) is 0 Å². The van der Waals surface area contributed by atoms with Gasteiger partial charge in [0.05, 0.1) is 14.1 Å². The van der Waals surface area contributed by atoms with Crippen LogP contribution >= 0.6 is 0 Å². The Kier molecular flexibility index (Phi) is 3.64. The summed E-state index contributed by atoms with van der Waals surface area (Å²) in [7, 11) is 3.07. The van der Waals surface area contributed by atoms with Gasteiger partial charge >= 0.3 is 0 Å². The van der Waals surface area contributed by atoms with Gasteiger partial charge in [-0.05, 0) is 10.4 Å². The summed E-state index contributed by atoms with van der Waals surface area (Å²) in [5.41, 5.74) is 6.58. The van der Waals surface area contributed by atoms with Crippen LogP contribution in [-0.4, -0.2) is 14.1 Å². The average molecular weight is 86.1 g/mol. The first kappa shape index (κ1) is 5.20. The van der Waals surface area contributed by atoms with E-state index in [0.717, 1.165) is 0 Å². The summed E-state index contributed by atoms with van der Waals surface area (Å²) in [6.45, 7) is 0. The van der Waals surface area contributed by atoms with E-state index in [1.54, 1.807) is 0 Å². The molecule has 0 unspecified atom stereocenters. The Hall–Kier alpha value is -0.800. The highest BCUT2D eigenvalue weighted by Crippen LogP contribution is 1.57. The van der Waals surface area contributed by atoms with Crippen molar-refractivity contribution in [3.05, 3.63) is 0 Å². The lowest BCUT2D eigenvalue weighted by Gasteiger charge is -1.73. The van der Waals surface area contributed by atoms with Gasteiger partial charge in [0.2, 0.25) is 0 Å². The molecule has 0 aromatic heterocycles. The van der Waals surface area contributed by atoms with Gasteiger partial charge < -0.3 is 0 Å². The van der Waals surface area contributed by atoms with E-state index < -0.39 is 0 Å². The molecular weight excluding hydrogens is 80.0 g/mol. The van der Waals surface area contributed by atoms with Crippen LogP contribution in [0.1, 0.15) is 0 Å². The Balaban J connectivity index is 2.73. The van der Waals surface area contributed by atoms with E-state index >= 15 is 0 Å². The zero-order valence-corrected chi connectivity index (χ0v) is 3.79. The minimum atomic E-state index is 1.54. The van der Waals surface area contributed by atoms with Gasteiger partial charge in [-0.1, -0.05) is 0 Å². The predicted molar refractivity (Wildman–Crippen MR) is 21.0 cm³/mol. The lowest BCUT2D eigenvalue weighted by atomic mass is 11.5. The van der Waals surface area contributed by atoms with Crippen LogP contribution in [0.3, 0.4) is 0 Å². The van der Waals surface area contributed by atoms with Crippen molar-refractivity contribution in [2.45, 2.75) is 0 Å². The molecule has 0 aromatic rings. The Bertz CT molecular complexity index is 34.8. The first-order chi connectivity index (χ1) is 2.91. The molecular formula is C2H6N4. The van der Waals surface area contributed by atoms with Crippen LogP contribution in [0.15, 0.2) is 10.4 Å². The van der Waals surface area contributed by atoms with Crippen LogP contribution in [0.25, 0.3) is 0 Å². The maximum Gasteiger partial charge on any atom is 0.0510 e. The molecule has 0 aromatic carbocycles. The molecule has 34 valence electrons. The lowest BCUT2D eigenvalue weighted by Crippen LogP contribution is -1.85. The second-order valence-corrected chi connectivity index (χ2v) is 0.579. The van der Waals surface area contributed by atoms with Crippen LogP contribution in [0.2, 0.25) is 0 Å². The van der Waals surface area contributed by atoms with Crippen molar-refractivity contribution in [1.29, 1.82) is 0 Å². The summed E-state index contributed by atoms with van der Waals surface area (Å²) in [6.07, 6.45) is 0. The summed E-state index contributed by atoms with van der Waals surface area (Å²) < 4.78 is 0. The van der Waals surface area contributed by atoms with Crippen LogP contribution in [0.5, 0.6) is 0 Å². The highest BCUT2D eigenvalue weighted by atomic mass is 15.5. The Labute approximate surface area is 36.6 Å². The van der Waals surface area contributed by atoms with Crippen molar-refractivity contribution in [2.24, 2.45) is 10.4 Å². The molecule has 6 heavy (non-hydrogen) atoms. The molecule has 0 fully saturated rings. The molecule has 0 heterocycles. The summed E-state index contributed by atoms with van der Waals surface area (Å²) in [4.78, 5) is 0. The average Bonchev–Trinajstić information content (AvgIpc) is 1.61. The largest absolute Gasteiger partial charge is 0.171 e. The fourth-order valence-corrected chi connectivity index (χ4v) is 0.0800. The first-order valence-electron chi connectivity index (χ1n) is 1.49. The third-order valence-electron chi connectivity index (χ3n) is 0.219. The third-order valence-corrected chi connectivity index (χ3v) is 0.219. The van der Waals surface area contributed by atoms with Gasteiger partial charge in [-0.2, -0.15) is 10.9 Å². The fourth-order valence-electron chi connectivity index (χ4n) is 0.0800.